The van der Waals surface area contributed by atoms with Crippen molar-refractivity contribution in [1.29, 1.82) is 0 Å². The smallest absolute Gasteiger partial charge is 0.311 e. The fourth-order valence-corrected chi connectivity index (χ4v) is 12.5. The maximum atomic E-state index is 13.7. The van der Waals surface area contributed by atoms with Gasteiger partial charge < -0.3 is 14.4 Å². The topological polar surface area (TPSA) is 11.4 Å². The number of benzene rings is 13. The molecule has 93 heavy (non-hydrogen) atoms. The lowest BCUT2D eigenvalue weighted by molar-refractivity contribution is -0.138. The van der Waals surface area contributed by atoms with Gasteiger partial charge in [-0.25, -0.2) is 0 Å². The van der Waals surface area contributed by atoms with Gasteiger partial charge in [0.15, 0.2) is 0 Å². The first-order valence-electron chi connectivity index (χ1n) is 29.3. The van der Waals surface area contributed by atoms with Crippen LogP contribution in [0.2, 0.25) is 0 Å². The molecular formula is C78H47F12N3. The van der Waals surface area contributed by atoms with Gasteiger partial charge >= 0.3 is 24.7 Å². The molecule has 0 amide bonds. The van der Waals surface area contributed by atoms with E-state index in [0.29, 0.717) is 11.4 Å². The molecule has 458 valence electrons. The van der Waals surface area contributed by atoms with E-state index in [1.165, 1.54) is 48.5 Å². The number of halogens is 12. The van der Waals surface area contributed by atoms with Crippen molar-refractivity contribution in [2.75, 3.05) is 9.80 Å². The predicted molar refractivity (Wildman–Crippen MR) is 347 cm³/mol. The average Bonchev–Trinajstić information content (AvgIpc) is 1.73. The summed E-state index contributed by atoms with van der Waals surface area (Å²) >= 11 is 0. The lowest BCUT2D eigenvalue weighted by Crippen LogP contribution is -2.12. The summed E-state index contributed by atoms with van der Waals surface area (Å²) in [5, 5.41) is 6.14. The van der Waals surface area contributed by atoms with Gasteiger partial charge in [0.05, 0.1) is 33.3 Å². The van der Waals surface area contributed by atoms with Gasteiger partial charge in [-0.2, -0.15) is 52.7 Å². The van der Waals surface area contributed by atoms with Gasteiger partial charge in [0.2, 0.25) is 0 Å². The molecule has 0 aliphatic heterocycles. The molecule has 0 fully saturated rings. The fraction of sp³-hybridized carbons (Fsp3) is 0.0513. The number of anilines is 6. The molecule has 15 heteroatoms. The SMILES string of the molecule is FC(F)(F)c1ccc(N(c2ccc(-c3ccc4c(c3)c3cc(-c5ccc(N(c6ccc(C(F)(F)F)cc6)c6ccc(C(F)(F)F)cc6)cc5)ccc3n4-c3ccc(-c4c5ccccc5c(-c5ccccc5)c5ccccc45)cc3)cc2)c2ccc(C(F)(F)F)cc2)cc1. The summed E-state index contributed by atoms with van der Waals surface area (Å²) in [5.74, 6) is 0. The Bertz CT molecular complexity index is 4680. The Labute approximate surface area is 524 Å². The summed E-state index contributed by atoms with van der Waals surface area (Å²) in [6.07, 6.45) is -18.5. The Morgan fingerprint density at radius 3 is 0.753 bits per heavy atom. The van der Waals surface area contributed by atoms with Crippen LogP contribution in [0.4, 0.5) is 86.8 Å². The van der Waals surface area contributed by atoms with Gasteiger partial charge in [-0.1, -0.05) is 127 Å². The van der Waals surface area contributed by atoms with E-state index in [9.17, 15) is 52.7 Å². The van der Waals surface area contributed by atoms with E-state index in [2.05, 4.69) is 102 Å². The molecule has 14 rings (SSSR count). The van der Waals surface area contributed by atoms with Gasteiger partial charge in [0.1, 0.15) is 0 Å². The van der Waals surface area contributed by atoms with Gasteiger partial charge in [-0.15, -0.1) is 0 Å². The molecular weight excluding hydrogens is 1210 g/mol. The van der Waals surface area contributed by atoms with E-state index in [0.717, 1.165) is 142 Å². The molecule has 3 nitrogen and oxygen atoms in total. The predicted octanol–water partition coefficient (Wildman–Crippen LogP) is 24.8. The number of hydrogen-bond acceptors (Lipinski definition) is 2. The summed E-state index contributed by atoms with van der Waals surface area (Å²) in [5.41, 5.74) is 8.50. The van der Waals surface area contributed by atoms with Crippen molar-refractivity contribution in [3.63, 3.8) is 0 Å². The highest BCUT2D eigenvalue weighted by Gasteiger charge is 2.34. The highest BCUT2D eigenvalue weighted by atomic mass is 19.4. The molecule has 13 aromatic carbocycles. The quantitative estimate of drug-likeness (QED) is 0.0945. The summed E-state index contributed by atoms with van der Waals surface area (Å²) in [6.45, 7) is 0. The summed E-state index contributed by atoms with van der Waals surface area (Å²) < 4.78 is 167. The minimum atomic E-state index is -4.62. The van der Waals surface area contributed by atoms with E-state index < -0.39 is 47.0 Å². The minimum Gasteiger partial charge on any atom is -0.311 e. The third kappa shape index (κ3) is 11.3. The molecule has 0 aliphatic rings. The molecule has 0 N–H and O–H groups in total. The lowest BCUT2D eigenvalue weighted by Gasteiger charge is -2.26. The Balaban J connectivity index is 0.882. The Kier molecular flexibility index (Phi) is 14.7. The number of nitrogens with zero attached hydrogens (tertiary/aromatic N) is 3. The Hall–Kier alpha value is -11.1. The maximum absolute atomic E-state index is 13.7. The third-order valence-corrected chi connectivity index (χ3v) is 16.9. The third-order valence-electron chi connectivity index (χ3n) is 16.9. The van der Waals surface area contributed by atoms with Crippen molar-refractivity contribution in [3.8, 4) is 50.2 Å². The highest BCUT2D eigenvalue weighted by Crippen LogP contribution is 2.47. The molecule has 0 saturated carbocycles. The van der Waals surface area contributed by atoms with Crippen molar-refractivity contribution >= 4 is 77.5 Å². The van der Waals surface area contributed by atoms with Crippen LogP contribution in [0.1, 0.15) is 22.3 Å². The number of rotatable bonds is 11. The van der Waals surface area contributed by atoms with Crippen LogP contribution < -0.4 is 9.80 Å². The molecule has 0 radical (unpaired) electrons. The van der Waals surface area contributed by atoms with E-state index in [-0.39, 0.29) is 22.7 Å². The van der Waals surface area contributed by atoms with Gasteiger partial charge in [-0.05, 0) is 224 Å². The first-order valence-corrected chi connectivity index (χ1v) is 29.3. The van der Waals surface area contributed by atoms with Crippen molar-refractivity contribution < 1.29 is 52.7 Å². The molecule has 0 atom stereocenters. The zero-order chi connectivity index (χ0) is 64.6. The fourth-order valence-electron chi connectivity index (χ4n) is 12.5. The van der Waals surface area contributed by atoms with Crippen LogP contribution >= 0.6 is 0 Å². The molecule has 0 spiro atoms. The summed E-state index contributed by atoms with van der Waals surface area (Å²) in [4.78, 5) is 3.15. The molecule has 1 heterocycles. The van der Waals surface area contributed by atoms with Gasteiger partial charge in [-0.3, -0.25) is 0 Å². The standard InChI is InChI=1S/C78H47F12N3/c79-75(80,81)54-22-36-60(37-23-54)91(61-38-24-55(25-39-61)76(82,83)84)58-30-14-48(15-31-58)52-20-44-71-69(46-52)70-47-53(49-16-32-59(33-17-49)92(62-40-26-56(27-41-62)77(85,86)87)63-42-28-57(29-43-63)78(88,89)90)21-45-72(70)93(71)64-34-18-51(19-35-64)74-67-12-6-4-10-65(67)73(50-8-2-1-3-9-50)66-11-5-7-13-68(66)74/h1-47H. The van der Waals surface area contributed by atoms with Gasteiger partial charge in [0, 0.05) is 50.6 Å². The second-order valence-electron chi connectivity index (χ2n) is 22.5. The highest BCUT2D eigenvalue weighted by molar-refractivity contribution is 6.21. The van der Waals surface area contributed by atoms with Crippen molar-refractivity contribution in [3.05, 3.63) is 307 Å². The molecule has 14 aromatic rings. The van der Waals surface area contributed by atoms with Crippen LogP contribution in [0.3, 0.4) is 0 Å². The van der Waals surface area contributed by atoms with Crippen LogP contribution in [0, 0.1) is 0 Å². The maximum Gasteiger partial charge on any atom is 0.416 e. The number of alkyl halides is 12. The summed E-state index contributed by atoms with van der Waals surface area (Å²) in [7, 11) is 0. The average molecular weight is 1250 g/mol. The number of fused-ring (bicyclic) bond motifs is 5. The van der Waals surface area contributed by atoms with Gasteiger partial charge in [0.25, 0.3) is 0 Å². The molecule has 0 aliphatic carbocycles. The molecule has 0 bridgehead atoms. The number of hydrogen-bond donors (Lipinski definition) is 0. The Morgan fingerprint density at radius 2 is 0.462 bits per heavy atom. The monoisotopic (exact) mass is 1250 g/mol. The zero-order valence-electron chi connectivity index (χ0n) is 48.5. The van der Waals surface area contributed by atoms with E-state index in [1.54, 1.807) is 34.1 Å². The van der Waals surface area contributed by atoms with Crippen LogP contribution in [0.25, 0.3) is 93.5 Å². The normalized spacial score (nSPS) is 12.3. The Morgan fingerprint density at radius 1 is 0.215 bits per heavy atom. The van der Waals surface area contributed by atoms with Crippen molar-refractivity contribution in [2.24, 2.45) is 0 Å². The van der Waals surface area contributed by atoms with E-state index >= 15 is 0 Å². The van der Waals surface area contributed by atoms with Crippen LogP contribution in [-0.4, -0.2) is 4.57 Å². The van der Waals surface area contributed by atoms with Crippen LogP contribution in [0.5, 0.6) is 0 Å². The van der Waals surface area contributed by atoms with Crippen molar-refractivity contribution in [1.82, 2.24) is 4.57 Å². The molecule has 0 unspecified atom stereocenters. The summed E-state index contributed by atoms with van der Waals surface area (Å²) in [6, 6.07) is 79.6. The van der Waals surface area contributed by atoms with E-state index in [4.69, 9.17) is 0 Å². The van der Waals surface area contributed by atoms with E-state index in [1.807, 2.05) is 66.7 Å². The number of aromatic nitrogens is 1. The molecule has 0 saturated heterocycles. The minimum absolute atomic E-state index is 0.279. The van der Waals surface area contributed by atoms with Crippen molar-refractivity contribution in [2.45, 2.75) is 24.7 Å². The van der Waals surface area contributed by atoms with Crippen LogP contribution in [-0.2, 0) is 24.7 Å². The largest absolute Gasteiger partial charge is 0.416 e. The second-order valence-corrected chi connectivity index (χ2v) is 22.5. The zero-order valence-corrected chi connectivity index (χ0v) is 48.5. The first kappa shape index (κ1) is 59.6. The first-order chi connectivity index (χ1) is 44.6. The second kappa shape index (κ2) is 23.0. The lowest BCUT2D eigenvalue weighted by atomic mass is 9.86. The molecule has 1 aromatic heterocycles. The van der Waals surface area contributed by atoms with Crippen LogP contribution in [0.15, 0.2) is 285 Å².